The summed E-state index contributed by atoms with van der Waals surface area (Å²) in [6.45, 7) is 1.99. The van der Waals surface area contributed by atoms with Gasteiger partial charge < -0.3 is 9.47 Å². The fourth-order valence-corrected chi connectivity index (χ4v) is 3.46. The number of esters is 2. The van der Waals surface area contributed by atoms with Gasteiger partial charge in [-0.25, -0.2) is 4.79 Å². The monoisotopic (exact) mass is 373 g/mol. The number of ether oxygens (including phenoxy) is 2. The van der Waals surface area contributed by atoms with E-state index in [4.69, 9.17) is 9.47 Å². The average molecular weight is 373 g/mol. The van der Waals surface area contributed by atoms with E-state index < -0.39 is 23.4 Å². The SMILES string of the molecule is CCOC(=O)C1(CCC=NC(C(=O)OC)c2ccccc2)CCCCC1=O. The second kappa shape index (κ2) is 10.00. The third-order valence-corrected chi connectivity index (χ3v) is 4.95. The van der Waals surface area contributed by atoms with Crippen molar-refractivity contribution < 1.29 is 23.9 Å². The smallest absolute Gasteiger partial charge is 0.335 e. The minimum atomic E-state index is -1.08. The quantitative estimate of drug-likeness (QED) is 0.396. The number of aliphatic imine (C=N–C) groups is 1. The number of benzene rings is 1. The third-order valence-electron chi connectivity index (χ3n) is 4.95. The van der Waals surface area contributed by atoms with Crippen molar-refractivity contribution >= 4 is 23.9 Å². The summed E-state index contributed by atoms with van der Waals surface area (Å²) in [6, 6.07) is 8.39. The molecule has 0 bridgehead atoms. The second-order valence-corrected chi connectivity index (χ2v) is 6.64. The minimum Gasteiger partial charge on any atom is -0.467 e. The van der Waals surface area contributed by atoms with Gasteiger partial charge in [0.1, 0.15) is 11.2 Å². The van der Waals surface area contributed by atoms with Crippen LogP contribution in [0.4, 0.5) is 0 Å². The molecular weight excluding hydrogens is 346 g/mol. The van der Waals surface area contributed by atoms with E-state index in [1.54, 1.807) is 13.1 Å². The number of carbonyl (C=O) groups excluding carboxylic acids is 3. The maximum absolute atomic E-state index is 12.5. The molecule has 1 aliphatic carbocycles. The third kappa shape index (κ3) is 5.02. The summed E-state index contributed by atoms with van der Waals surface area (Å²) in [7, 11) is 1.32. The largest absolute Gasteiger partial charge is 0.467 e. The molecule has 0 aliphatic heterocycles. The molecule has 0 saturated heterocycles. The van der Waals surface area contributed by atoms with E-state index in [1.807, 2.05) is 30.3 Å². The summed E-state index contributed by atoms with van der Waals surface area (Å²) >= 11 is 0. The topological polar surface area (TPSA) is 82.0 Å². The van der Waals surface area contributed by atoms with Crippen molar-refractivity contribution in [2.75, 3.05) is 13.7 Å². The first-order valence-electron chi connectivity index (χ1n) is 9.40. The molecule has 1 aromatic rings. The van der Waals surface area contributed by atoms with Crippen LogP contribution >= 0.6 is 0 Å². The Hall–Kier alpha value is -2.50. The number of hydrogen-bond acceptors (Lipinski definition) is 6. The lowest BCUT2D eigenvalue weighted by molar-refractivity contribution is -0.162. The molecule has 2 atom stereocenters. The van der Waals surface area contributed by atoms with Crippen LogP contribution in [0.5, 0.6) is 0 Å². The van der Waals surface area contributed by atoms with Gasteiger partial charge >= 0.3 is 11.9 Å². The lowest BCUT2D eigenvalue weighted by atomic mass is 9.70. The molecule has 0 radical (unpaired) electrons. The number of nitrogens with zero attached hydrogens (tertiary/aromatic N) is 1. The number of hydrogen-bond donors (Lipinski definition) is 0. The molecule has 146 valence electrons. The predicted octanol–water partition coefficient (Wildman–Crippen LogP) is 3.44. The molecule has 0 aromatic heterocycles. The molecule has 27 heavy (non-hydrogen) atoms. The van der Waals surface area contributed by atoms with Gasteiger partial charge in [-0.3, -0.25) is 14.6 Å². The average Bonchev–Trinajstić information content (AvgIpc) is 2.69. The zero-order valence-corrected chi connectivity index (χ0v) is 16.0. The molecule has 0 heterocycles. The summed E-state index contributed by atoms with van der Waals surface area (Å²) in [5.74, 6) is -0.935. The predicted molar refractivity (Wildman–Crippen MR) is 101 cm³/mol. The van der Waals surface area contributed by atoms with Gasteiger partial charge in [0.2, 0.25) is 0 Å². The molecule has 1 aliphatic rings. The van der Waals surface area contributed by atoms with Crippen molar-refractivity contribution in [2.24, 2.45) is 10.4 Å². The van der Waals surface area contributed by atoms with Gasteiger partial charge in [-0.05, 0) is 38.2 Å². The van der Waals surface area contributed by atoms with Crippen LogP contribution in [0.15, 0.2) is 35.3 Å². The number of Topliss-reactive ketones (excluding diaryl/α,β-unsaturated/α-hetero) is 1. The molecular formula is C21H27NO5. The Labute approximate surface area is 160 Å². The second-order valence-electron chi connectivity index (χ2n) is 6.64. The number of ketones is 1. The molecule has 2 rings (SSSR count). The summed E-state index contributed by atoms with van der Waals surface area (Å²) in [5.41, 5.74) is -0.345. The zero-order valence-electron chi connectivity index (χ0n) is 16.0. The van der Waals surface area contributed by atoms with Gasteiger partial charge in [0.15, 0.2) is 6.04 Å². The van der Waals surface area contributed by atoms with E-state index in [9.17, 15) is 14.4 Å². The van der Waals surface area contributed by atoms with Crippen LogP contribution in [0.3, 0.4) is 0 Å². The van der Waals surface area contributed by atoms with Crippen molar-refractivity contribution in [3.8, 4) is 0 Å². The van der Waals surface area contributed by atoms with E-state index in [-0.39, 0.29) is 12.4 Å². The van der Waals surface area contributed by atoms with Crippen molar-refractivity contribution in [2.45, 2.75) is 51.5 Å². The number of carbonyl (C=O) groups is 3. The van der Waals surface area contributed by atoms with Gasteiger partial charge in [0.25, 0.3) is 0 Å². The van der Waals surface area contributed by atoms with Crippen molar-refractivity contribution in [1.82, 2.24) is 0 Å². The van der Waals surface area contributed by atoms with E-state index in [1.165, 1.54) is 7.11 Å². The molecule has 6 nitrogen and oxygen atoms in total. The van der Waals surface area contributed by atoms with Gasteiger partial charge in [-0.15, -0.1) is 0 Å². The first-order chi connectivity index (χ1) is 13.0. The van der Waals surface area contributed by atoms with Crippen LogP contribution in [0.25, 0.3) is 0 Å². The number of methoxy groups -OCH3 is 1. The first-order valence-corrected chi connectivity index (χ1v) is 9.40. The lowest BCUT2D eigenvalue weighted by Gasteiger charge is -2.33. The van der Waals surface area contributed by atoms with Gasteiger partial charge in [0, 0.05) is 12.6 Å². The van der Waals surface area contributed by atoms with E-state index >= 15 is 0 Å². The molecule has 2 unspecified atom stereocenters. The van der Waals surface area contributed by atoms with Crippen molar-refractivity contribution in [3.63, 3.8) is 0 Å². The summed E-state index contributed by atoms with van der Waals surface area (Å²) in [5, 5.41) is 0. The highest BCUT2D eigenvalue weighted by molar-refractivity contribution is 6.04. The van der Waals surface area contributed by atoms with Crippen LogP contribution in [0.1, 0.15) is 57.1 Å². The Kier molecular flexibility index (Phi) is 7.70. The highest BCUT2D eigenvalue weighted by atomic mass is 16.5. The molecule has 0 spiro atoms. The fraction of sp³-hybridized carbons (Fsp3) is 0.524. The Morgan fingerprint density at radius 1 is 1.26 bits per heavy atom. The Morgan fingerprint density at radius 3 is 2.63 bits per heavy atom. The van der Waals surface area contributed by atoms with Gasteiger partial charge in [-0.1, -0.05) is 36.8 Å². The van der Waals surface area contributed by atoms with Crippen molar-refractivity contribution in [1.29, 1.82) is 0 Å². The molecule has 1 saturated carbocycles. The van der Waals surface area contributed by atoms with Gasteiger partial charge in [0.05, 0.1) is 13.7 Å². The van der Waals surface area contributed by atoms with E-state index in [0.717, 1.165) is 18.4 Å². The molecule has 1 aromatic carbocycles. The van der Waals surface area contributed by atoms with Crippen molar-refractivity contribution in [3.05, 3.63) is 35.9 Å². The van der Waals surface area contributed by atoms with E-state index in [2.05, 4.69) is 4.99 Å². The lowest BCUT2D eigenvalue weighted by Crippen LogP contribution is -2.43. The summed E-state index contributed by atoms with van der Waals surface area (Å²) in [4.78, 5) is 41.4. The van der Waals surface area contributed by atoms with Crippen LogP contribution in [-0.4, -0.2) is 37.7 Å². The minimum absolute atomic E-state index is 0.0480. The van der Waals surface area contributed by atoms with Crippen LogP contribution in [0, 0.1) is 5.41 Å². The van der Waals surface area contributed by atoms with Crippen LogP contribution in [-0.2, 0) is 23.9 Å². The highest BCUT2D eigenvalue weighted by Gasteiger charge is 2.47. The van der Waals surface area contributed by atoms with Crippen LogP contribution in [0.2, 0.25) is 0 Å². The first kappa shape index (κ1) is 20.8. The Morgan fingerprint density at radius 2 is 2.00 bits per heavy atom. The Balaban J connectivity index is 2.11. The number of rotatable bonds is 8. The van der Waals surface area contributed by atoms with E-state index in [0.29, 0.717) is 25.7 Å². The maximum Gasteiger partial charge on any atom is 0.335 e. The molecule has 0 N–H and O–H groups in total. The van der Waals surface area contributed by atoms with Gasteiger partial charge in [-0.2, -0.15) is 0 Å². The summed E-state index contributed by atoms with van der Waals surface area (Å²) < 4.78 is 10.0. The Bertz CT molecular complexity index is 685. The highest BCUT2D eigenvalue weighted by Crippen LogP contribution is 2.38. The molecule has 1 fully saturated rings. The van der Waals surface area contributed by atoms with Crippen LogP contribution < -0.4 is 0 Å². The summed E-state index contributed by atoms with van der Waals surface area (Å²) in [6.07, 6.45) is 4.92. The standard InChI is InChI=1S/C21H27NO5/c1-3-27-20(25)21(13-8-7-12-17(21)23)14-9-15-22-18(19(24)26-2)16-10-5-4-6-11-16/h4-6,10-11,15,18H,3,7-9,12-14H2,1-2H3. The molecule has 6 heteroatoms. The normalized spacial score (nSPS) is 21.0. The fourth-order valence-electron chi connectivity index (χ4n) is 3.46. The molecule has 0 amide bonds. The maximum atomic E-state index is 12.5. The zero-order chi connectivity index (χ0) is 19.7.